The molecule has 0 aliphatic rings. The van der Waals surface area contributed by atoms with Gasteiger partial charge < -0.3 is 14.8 Å². The van der Waals surface area contributed by atoms with Gasteiger partial charge in [-0.05, 0) is 19.2 Å². The summed E-state index contributed by atoms with van der Waals surface area (Å²) in [5.41, 5.74) is 0.315. The molecule has 20 heavy (non-hydrogen) atoms. The Morgan fingerprint density at radius 3 is 2.50 bits per heavy atom. The van der Waals surface area contributed by atoms with Gasteiger partial charge in [0.15, 0.2) is 0 Å². The molecule has 2 N–H and O–H groups in total. The number of amides is 1. The highest BCUT2D eigenvalue weighted by molar-refractivity contribution is 7.89. The van der Waals surface area contributed by atoms with Crippen molar-refractivity contribution in [2.45, 2.75) is 0 Å². The molecular weight excluding hydrogens is 284 g/mol. The minimum atomic E-state index is -3.34. The lowest BCUT2D eigenvalue weighted by Gasteiger charge is -2.10. The number of rotatable bonds is 7. The van der Waals surface area contributed by atoms with Crippen molar-refractivity contribution < 1.29 is 22.7 Å². The van der Waals surface area contributed by atoms with Crippen molar-refractivity contribution in [1.29, 1.82) is 0 Å². The number of hydrogen-bond donors (Lipinski definition) is 2. The van der Waals surface area contributed by atoms with Crippen molar-refractivity contribution in [2.24, 2.45) is 0 Å². The van der Waals surface area contributed by atoms with E-state index in [0.717, 1.165) is 0 Å². The molecule has 0 aliphatic heterocycles. The van der Waals surface area contributed by atoms with E-state index in [0.29, 0.717) is 17.1 Å². The molecule has 0 fully saturated rings. The maximum Gasteiger partial charge on any atom is 0.255 e. The van der Waals surface area contributed by atoms with Crippen LogP contribution in [0.1, 0.15) is 10.4 Å². The van der Waals surface area contributed by atoms with Crippen LogP contribution in [0, 0.1) is 0 Å². The van der Waals surface area contributed by atoms with Crippen molar-refractivity contribution in [3.05, 3.63) is 23.8 Å². The van der Waals surface area contributed by atoms with Gasteiger partial charge in [-0.3, -0.25) is 4.79 Å². The van der Waals surface area contributed by atoms with Crippen LogP contribution in [0.15, 0.2) is 18.2 Å². The molecule has 0 unspecified atom stereocenters. The van der Waals surface area contributed by atoms with E-state index < -0.39 is 15.9 Å². The SMILES string of the molecule is CNS(=O)(=O)CCNC(=O)c1ccc(OC)cc1OC. The van der Waals surface area contributed by atoms with Crippen LogP contribution >= 0.6 is 0 Å². The molecular formula is C12H18N2O5S. The highest BCUT2D eigenvalue weighted by atomic mass is 32.2. The minimum absolute atomic E-state index is 0.0111. The fourth-order valence-corrected chi connectivity index (χ4v) is 2.06. The van der Waals surface area contributed by atoms with Gasteiger partial charge in [-0.1, -0.05) is 0 Å². The molecule has 0 saturated heterocycles. The monoisotopic (exact) mass is 302 g/mol. The first kappa shape index (κ1) is 16.3. The Morgan fingerprint density at radius 2 is 1.95 bits per heavy atom. The lowest BCUT2D eigenvalue weighted by molar-refractivity contribution is 0.0953. The van der Waals surface area contributed by atoms with Crippen LogP contribution in [0.5, 0.6) is 11.5 Å². The second kappa shape index (κ2) is 7.11. The highest BCUT2D eigenvalue weighted by Gasteiger charge is 2.14. The van der Waals surface area contributed by atoms with Crippen molar-refractivity contribution in [1.82, 2.24) is 10.0 Å². The zero-order chi connectivity index (χ0) is 15.2. The number of hydrogen-bond acceptors (Lipinski definition) is 5. The van der Waals surface area contributed by atoms with Gasteiger partial charge in [-0.15, -0.1) is 0 Å². The Balaban J connectivity index is 2.73. The zero-order valence-electron chi connectivity index (χ0n) is 11.6. The molecule has 1 amide bonds. The van der Waals surface area contributed by atoms with Gasteiger partial charge in [0.25, 0.3) is 5.91 Å². The molecule has 0 aromatic heterocycles. The molecule has 0 aliphatic carbocycles. The maximum absolute atomic E-state index is 12.0. The number of carbonyl (C=O) groups is 1. The molecule has 0 spiro atoms. The molecule has 0 radical (unpaired) electrons. The average Bonchev–Trinajstić information content (AvgIpc) is 2.46. The second-order valence-corrected chi connectivity index (χ2v) is 5.89. The Kier molecular flexibility index (Phi) is 5.78. The largest absolute Gasteiger partial charge is 0.497 e. The van der Waals surface area contributed by atoms with E-state index in [1.165, 1.54) is 21.3 Å². The van der Waals surface area contributed by atoms with E-state index in [4.69, 9.17) is 9.47 Å². The molecule has 112 valence electrons. The fraction of sp³-hybridized carbons (Fsp3) is 0.417. The predicted octanol–water partition coefficient (Wildman–Crippen LogP) is -0.0172. The summed E-state index contributed by atoms with van der Waals surface area (Å²) in [4.78, 5) is 12.0. The summed E-state index contributed by atoms with van der Waals surface area (Å²) in [5, 5.41) is 2.52. The van der Waals surface area contributed by atoms with Gasteiger partial charge >= 0.3 is 0 Å². The van der Waals surface area contributed by atoms with Gasteiger partial charge in [0.05, 0.1) is 25.5 Å². The number of benzene rings is 1. The van der Waals surface area contributed by atoms with Crippen molar-refractivity contribution in [2.75, 3.05) is 33.6 Å². The number of carbonyl (C=O) groups excluding carboxylic acids is 1. The Labute approximate surface area is 118 Å². The van der Waals surface area contributed by atoms with Crippen LogP contribution in [0.4, 0.5) is 0 Å². The van der Waals surface area contributed by atoms with Gasteiger partial charge in [0.2, 0.25) is 10.0 Å². The topological polar surface area (TPSA) is 93.7 Å². The standard InChI is InChI=1S/C12H18N2O5S/c1-13-20(16,17)7-6-14-12(15)10-5-4-9(18-2)8-11(10)19-3/h4-5,8,13H,6-7H2,1-3H3,(H,14,15). The van der Waals surface area contributed by atoms with Gasteiger partial charge in [0, 0.05) is 12.6 Å². The van der Waals surface area contributed by atoms with Gasteiger partial charge in [-0.25, -0.2) is 13.1 Å². The third-order valence-corrected chi connectivity index (χ3v) is 3.98. The van der Waals surface area contributed by atoms with E-state index in [1.54, 1.807) is 18.2 Å². The zero-order valence-corrected chi connectivity index (χ0v) is 12.4. The number of methoxy groups -OCH3 is 2. The maximum atomic E-state index is 12.0. The summed E-state index contributed by atoms with van der Waals surface area (Å²) in [5.74, 6) is 0.332. The summed E-state index contributed by atoms with van der Waals surface area (Å²) in [6.07, 6.45) is 0. The van der Waals surface area contributed by atoms with E-state index >= 15 is 0 Å². The molecule has 0 saturated carbocycles. The van der Waals surface area contributed by atoms with Crippen molar-refractivity contribution in [3.63, 3.8) is 0 Å². The smallest absolute Gasteiger partial charge is 0.255 e. The van der Waals surface area contributed by atoms with Crippen LogP contribution in [0.2, 0.25) is 0 Å². The number of ether oxygens (including phenoxy) is 2. The second-order valence-electron chi connectivity index (χ2n) is 3.85. The normalized spacial score (nSPS) is 10.9. The van der Waals surface area contributed by atoms with Crippen LogP contribution in [-0.2, 0) is 10.0 Å². The Bertz CT molecular complexity index is 571. The molecule has 0 heterocycles. The Hall–Kier alpha value is -1.80. The van der Waals surface area contributed by atoms with E-state index in [1.807, 2.05) is 0 Å². The van der Waals surface area contributed by atoms with Crippen LogP contribution in [0.3, 0.4) is 0 Å². The Morgan fingerprint density at radius 1 is 1.25 bits per heavy atom. The van der Waals surface area contributed by atoms with E-state index in [-0.39, 0.29) is 12.3 Å². The van der Waals surface area contributed by atoms with E-state index in [9.17, 15) is 13.2 Å². The molecule has 8 heteroatoms. The first-order chi connectivity index (χ1) is 9.43. The fourth-order valence-electron chi connectivity index (χ4n) is 1.48. The van der Waals surface area contributed by atoms with Crippen molar-refractivity contribution >= 4 is 15.9 Å². The summed E-state index contributed by atoms with van der Waals surface area (Å²) in [6, 6.07) is 4.76. The quantitative estimate of drug-likeness (QED) is 0.738. The molecule has 1 rings (SSSR count). The first-order valence-corrected chi connectivity index (χ1v) is 7.50. The lowest BCUT2D eigenvalue weighted by atomic mass is 10.2. The molecule has 0 bridgehead atoms. The molecule has 1 aromatic carbocycles. The summed E-state index contributed by atoms with van der Waals surface area (Å²) >= 11 is 0. The highest BCUT2D eigenvalue weighted by Crippen LogP contribution is 2.24. The molecule has 7 nitrogen and oxygen atoms in total. The summed E-state index contributed by atoms with van der Waals surface area (Å²) in [6.45, 7) is 0.0111. The number of nitrogens with one attached hydrogen (secondary N) is 2. The predicted molar refractivity (Wildman–Crippen MR) is 74.7 cm³/mol. The molecule has 0 atom stereocenters. The van der Waals surface area contributed by atoms with Crippen LogP contribution in [0.25, 0.3) is 0 Å². The number of sulfonamides is 1. The van der Waals surface area contributed by atoms with Crippen LogP contribution < -0.4 is 19.5 Å². The van der Waals surface area contributed by atoms with Crippen LogP contribution in [-0.4, -0.2) is 47.9 Å². The third kappa shape index (κ3) is 4.39. The first-order valence-electron chi connectivity index (χ1n) is 5.85. The van der Waals surface area contributed by atoms with Crippen molar-refractivity contribution in [3.8, 4) is 11.5 Å². The van der Waals surface area contributed by atoms with Gasteiger partial charge in [0.1, 0.15) is 11.5 Å². The van der Waals surface area contributed by atoms with E-state index in [2.05, 4.69) is 10.0 Å². The van der Waals surface area contributed by atoms with Gasteiger partial charge in [-0.2, -0.15) is 0 Å². The average molecular weight is 302 g/mol. The summed E-state index contributed by atoms with van der Waals surface area (Å²) in [7, 11) is 0.936. The lowest BCUT2D eigenvalue weighted by Crippen LogP contribution is -2.33. The molecule has 1 aromatic rings. The third-order valence-electron chi connectivity index (χ3n) is 2.62. The minimum Gasteiger partial charge on any atom is -0.497 e. The summed E-state index contributed by atoms with van der Waals surface area (Å²) < 4.78 is 34.8.